The molecule has 1 atom stereocenters. The van der Waals surface area contributed by atoms with Crippen molar-refractivity contribution in [2.24, 2.45) is 0 Å². The lowest BCUT2D eigenvalue weighted by molar-refractivity contribution is -0.137. The minimum atomic E-state index is -2.95. The summed E-state index contributed by atoms with van der Waals surface area (Å²) in [7, 11) is -2.95. The van der Waals surface area contributed by atoms with Gasteiger partial charge in [0.25, 0.3) is 11.8 Å². The zero-order valence-electron chi connectivity index (χ0n) is 19.4. The van der Waals surface area contributed by atoms with Crippen molar-refractivity contribution >= 4 is 34.0 Å². The summed E-state index contributed by atoms with van der Waals surface area (Å²) >= 11 is 0. The average Bonchev–Trinajstić information content (AvgIpc) is 3.38. The van der Waals surface area contributed by atoms with Crippen molar-refractivity contribution in [3.63, 3.8) is 0 Å². The summed E-state index contributed by atoms with van der Waals surface area (Å²) in [5, 5.41) is 7.36. The number of para-hydroxylation sites is 1. The number of benzene rings is 1. The first-order chi connectivity index (χ1) is 17.0. The number of anilines is 1. The van der Waals surface area contributed by atoms with Gasteiger partial charge in [-0.3, -0.25) is 4.79 Å². The number of rotatable bonds is 6. The fourth-order valence-corrected chi connectivity index (χ4v) is 5.30. The van der Waals surface area contributed by atoms with Crippen LogP contribution in [0.2, 0.25) is 0 Å². The van der Waals surface area contributed by atoms with Gasteiger partial charge in [0, 0.05) is 44.5 Å². The first kappa shape index (κ1) is 25.9. The number of ether oxygens (including phenoxy) is 1. The fraction of sp³-hybridized carbons (Fsp3) is 0.391. The van der Waals surface area contributed by atoms with Gasteiger partial charge in [0.2, 0.25) is 5.82 Å². The Kier molecular flexibility index (Phi) is 8.07. The average molecular weight is 535 g/mol. The molecule has 1 unspecified atom stereocenters. The summed E-state index contributed by atoms with van der Waals surface area (Å²) in [5.41, 5.74) is 0.669. The van der Waals surface area contributed by atoms with Gasteiger partial charge in [-0.15, -0.1) is 12.4 Å². The van der Waals surface area contributed by atoms with Crippen molar-refractivity contribution in [3.8, 4) is 17.1 Å². The monoisotopic (exact) mass is 534 g/mol. The number of nitrogens with one attached hydrogen (secondary N) is 1. The van der Waals surface area contributed by atoms with E-state index in [1.54, 1.807) is 23.2 Å². The molecule has 0 aliphatic carbocycles. The van der Waals surface area contributed by atoms with Crippen LogP contribution >= 0.6 is 12.4 Å². The highest BCUT2D eigenvalue weighted by Crippen LogP contribution is 2.25. The molecule has 1 amide bonds. The number of nitrogens with zero attached hydrogens (tertiary/aromatic N) is 5. The number of amides is 1. The predicted molar refractivity (Wildman–Crippen MR) is 135 cm³/mol. The summed E-state index contributed by atoms with van der Waals surface area (Å²) < 4.78 is 34.5. The molecule has 0 spiro atoms. The van der Waals surface area contributed by atoms with Gasteiger partial charge in [-0.2, -0.15) is 4.98 Å². The minimum absolute atomic E-state index is 0. The van der Waals surface area contributed by atoms with E-state index in [0.717, 1.165) is 0 Å². The maximum atomic E-state index is 12.9. The molecule has 0 radical (unpaired) electrons. The van der Waals surface area contributed by atoms with Crippen LogP contribution < -0.4 is 15.0 Å². The second-order valence-corrected chi connectivity index (χ2v) is 10.7. The van der Waals surface area contributed by atoms with E-state index in [1.165, 1.54) is 0 Å². The van der Waals surface area contributed by atoms with Crippen LogP contribution in [0.4, 0.5) is 5.82 Å². The Balaban J connectivity index is 0.00000304. The van der Waals surface area contributed by atoms with Gasteiger partial charge in [-0.1, -0.05) is 23.4 Å². The van der Waals surface area contributed by atoms with Crippen molar-refractivity contribution in [1.82, 2.24) is 25.3 Å². The number of hydrogen-bond donors (Lipinski definition) is 1. The normalized spacial score (nSPS) is 19.4. The van der Waals surface area contributed by atoms with Crippen molar-refractivity contribution in [2.75, 3.05) is 55.7 Å². The molecule has 192 valence electrons. The van der Waals surface area contributed by atoms with E-state index in [1.807, 2.05) is 35.2 Å². The lowest BCUT2D eigenvalue weighted by Crippen LogP contribution is -2.50. The Labute approximate surface area is 215 Å². The Hall–Kier alpha value is -3.22. The van der Waals surface area contributed by atoms with Gasteiger partial charge >= 0.3 is 0 Å². The molecule has 2 saturated heterocycles. The predicted octanol–water partition coefficient (Wildman–Crippen LogP) is 1.34. The largest absolute Gasteiger partial charge is 0.484 e. The van der Waals surface area contributed by atoms with Gasteiger partial charge < -0.3 is 24.4 Å². The van der Waals surface area contributed by atoms with Crippen molar-refractivity contribution < 1.29 is 22.5 Å². The van der Waals surface area contributed by atoms with Crippen LogP contribution in [0.1, 0.15) is 11.9 Å². The molecule has 1 aromatic carbocycles. The molecule has 2 aromatic heterocycles. The highest BCUT2D eigenvalue weighted by atomic mass is 35.5. The standard InChI is InChI=1S/C23H26N6O5S.ClH/c30-21(16-33-18-4-2-1-3-5-18)29-9-8-24-15-19(29)23-26-22(27-34-23)17-6-7-20(25-14-17)28-10-12-35(31,32)13-11-28;/h1-7,14,19,24H,8-13,15-16H2;1H. The Morgan fingerprint density at radius 3 is 2.61 bits per heavy atom. The first-order valence-corrected chi connectivity index (χ1v) is 13.2. The third-order valence-corrected chi connectivity index (χ3v) is 7.68. The van der Waals surface area contributed by atoms with Gasteiger partial charge in [-0.05, 0) is 24.3 Å². The zero-order chi connectivity index (χ0) is 24.3. The van der Waals surface area contributed by atoms with E-state index < -0.39 is 15.9 Å². The second kappa shape index (κ2) is 11.2. The number of pyridine rings is 1. The van der Waals surface area contributed by atoms with Crippen LogP contribution in [0.5, 0.6) is 5.75 Å². The van der Waals surface area contributed by atoms with Crippen LogP contribution in [0, 0.1) is 0 Å². The molecule has 4 heterocycles. The molecular formula is C23H27ClN6O5S. The summed E-state index contributed by atoms with van der Waals surface area (Å²) in [6.07, 6.45) is 1.64. The maximum absolute atomic E-state index is 12.9. The van der Waals surface area contributed by atoms with Crippen molar-refractivity contribution in [1.29, 1.82) is 0 Å². The van der Waals surface area contributed by atoms with Gasteiger partial charge in [0.05, 0.1) is 11.5 Å². The van der Waals surface area contributed by atoms with E-state index in [4.69, 9.17) is 9.26 Å². The minimum Gasteiger partial charge on any atom is -0.484 e. The molecule has 0 bridgehead atoms. The van der Waals surface area contributed by atoms with Crippen LogP contribution in [0.3, 0.4) is 0 Å². The van der Waals surface area contributed by atoms with E-state index in [0.29, 0.717) is 61.6 Å². The van der Waals surface area contributed by atoms with E-state index in [9.17, 15) is 13.2 Å². The second-order valence-electron chi connectivity index (χ2n) is 8.41. The van der Waals surface area contributed by atoms with Gasteiger partial charge in [0.15, 0.2) is 16.4 Å². The number of carbonyl (C=O) groups is 1. The highest BCUT2D eigenvalue weighted by molar-refractivity contribution is 7.91. The molecule has 0 saturated carbocycles. The molecular weight excluding hydrogens is 508 g/mol. The van der Waals surface area contributed by atoms with Gasteiger partial charge in [0.1, 0.15) is 17.6 Å². The van der Waals surface area contributed by atoms with Crippen LogP contribution in [-0.2, 0) is 14.6 Å². The SMILES string of the molecule is Cl.O=C(COc1ccccc1)N1CCNCC1c1nc(-c2ccc(N3CCS(=O)(=O)CC3)nc2)no1. The quantitative estimate of drug-likeness (QED) is 0.494. The van der Waals surface area contributed by atoms with Gasteiger partial charge in [-0.25, -0.2) is 13.4 Å². The zero-order valence-corrected chi connectivity index (χ0v) is 21.1. The molecule has 11 nitrogen and oxygen atoms in total. The third kappa shape index (κ3) is 5.94. The summed E-state index contributed by atoms with van der Waals surface area (Å²) in [6, 6.07) is 12.4. The molecule has 36 heavy (non-hydrogen) atoms. The molecule has 5 rings (SSSR count). The van der Waals surface area contributed by atoms with E-state index in [2.05, 4.69) is 20.4 Å². The summed E-state index contributed by atoms with van der Waals surface area (Å²) in [4.78, 5) is 25.5. The Morgan fingerprint density at radius 1 is 1.11 bits per heavy atom. The van der Waals surface area contributed by atoms with Crippen molar-refractivity contribution in [2.45, 2.75) is 6.04 Å². The van der Waals surface area contributed by atoms with Crippen LogP contribution in [0.25, 0.3) is 11.4 Å². The number of sulfone groups is 1. The molecule has 2 aliphatic heterocycles. The summed E-state index contributed by atoms with van der Waals surface area (Å²) in [6.45, 7) is 2.43. The van der Waals surface area contributed by atoms with Crippen molar-refractivity contribution in [3.05, 3.63) is 54.6 Å². The number of hydrogen-bond acceptors (Lipinski definition) is 10. The molecule has 3 aromatic rings. The molecule has 2 fully saturated rings. The lowest BCUT2D eigenvalue weighted by Gasteiger charge is -2.33. The summed E-state index contributed by atoms with van der Waals surface area (Å²) in [5.74, 6) is 2.16. The number of aromatic nitrogens is 3. The Morgan fingerprint density at radius 2 is 1.89 bits per heavy atom. The molecule has 1 N–H and O–H groups in total. The lowest BCUT2D eigenvalue weighted by atomic mass is 10.2. The number of piperazine rings is 1. The van der Waals surface area contributed by atoms with Crippen LogP contribution in [-0.4, -0.2) is 85.2 Å². The molecule has 13 heteroatoms. The maximum Gasteiger partial charge on any atom is 0.261 e. The number of halogens is 1. The Bertz CT molecular complexity index is 1260. The third-order valence-electron chi connectivity index (χ3n) is 6.07. The van der Waals surface area contributed by atoms with E-state index >= 15 is 0 Å². The van der Waals surface area contributed by atoms with E-state index in [-0.39, 0.29) is 36.4 Å². The smallest absolute Gasteiger partial charge is 0.261 e. The fourth-order valence-electron chi connectivity index (χ4n) is 4.10. The molecule has 2 aliphatic rings. The first-order valence-electron chi connectivity index (χ1n) is 11.4. The topological polar surface area (TPSA) is 131 Å². The highest BCUT2D eigenvalue weighted by Gasteiger charge is 2.32. The van der Waals surface area contributed by atoms with Crippen LogP contribution in [0.15, 0.2) is 53.2 Å². The number of carbonyl (C=O) groups excluding carboxylic acids is 1.